The molecule has 0 spiro atoms. The highest BCUT2D eigenvalue weighted by Gasteiger charge is 2.25. The molecule has 1 unspecified atom stereocenters. The Morgan fingerprint density at radius 1 is 1.50 bits per heavy atom. The Morgan fingerprint density at radius 3 is 2.42 bits per heavy atom. The predicted molar refractivity (Wildman–Crippen MR) is 50.3 cm³/mol. The third-order valence-corrected chi connectivity index (χ3v) is 1.60. The fourth-order valence-corrected chi connectivity index (χ4v) is 0.837. The lowest BCUT2D eigenvalue weighted by Gasteiger charge is -2.23. The van der Waals surface area contributed by atoms with E-state index in [9.17, 15) is 5.11 Å². The fraction of sp³-hybridized carbons (Fsp3) is 0.625. The van der Waals surface area contributed by atoms with Crippen molar-refractivity contribution in [3.05, 3.63) is 18.2 Å². The number of nitrogens with one attached hydrogen (secondary N) is 1. The maximum absolute atomic E-state index is 9.65. The van der Waals surface area contributed by atoms with Gasteiger partial charge in [-0.05, 0) is 5.41 Å². The van der Waals surface area contributed by atoms with Crippen molar-refractivity contribution in [3.63, 3.8) is 0 Å². The smallest absolute Gasteiger partial charge is 0.135 e. The Kier molecular flexibility index (Phi) is 3.74. The van der Waals surface area contributed by atoms with Crippen molar-refractivity contribution in [2.24, 2.45) is 5.41 Å². The van der Waals surface area contributed by atoms with E-state index in [-0.39, 0.29) is 17.8 Å². The molecule has 0 radical (unpaired) electrons. The average Bonchev–Trinajstić information content (AvgIpc) is 2.34. The normalized spacial score (nSPS) is 13.7. The van der Waals surface area contributed by atoms with Gasteiger partial charge in [0.15, 0.2) is 0 Å². The van der Waals surface area contributed by atoms with Crippen LogP contribution in [0.15, 0.2) is 12.4 Å². The molecule has 1 rings (SSSR count). The molecule has 0 aliphatic heterocycles. The minimum absolute atomic E-state index is 0. The van der Waals surface area contributed by atoms with Crippen LogP contribution in [0.4, 0.5) is 0 Å². The molecule has 3 nitrogen and oxygen atoms in total. The van der Waals surface area contributed by atoms with Crippen LogP contribution in [0.1, 0.15) is 32.7 Å². The first-order valence-electron chi connectivity index (χ1n) is 3.69. The van der Waals surface area contributed by atoms with E-state index in [1.807, 2.05) is 20.8 Å². The topological polar surface area (TPSA) is 48.9 Å². The van der Waals surface area contributed by atoms with E-state index in [4.69, 9.17) is 0 Å². The van der Waals surface area contributed by atoms with Gasteiger partial charge in [-0.2, -0.15) is 0 Å². The second-order valence-electron chi connectivity index (χ2n) is 3.74. The number of imidazole rings is 1. The molecule has 2 N–H and O–H groups in total. The van der Waals surface area contributed by atoms with E-state index in [2.05, 4.69) is 9.97 Å². The van der Waals surface area contributed by atoms with Crippen molar-refractivity contribution in [3.8, 4) is 0 Å². The average molecular weight is 191 g/mol. The molecular weight excluding hydrogens is 176 g/mol. The molecule has 12 heavy (non-hydrogen) atoms. The quantitative estimate of drug-likeness (QED) is 0.711. The lowest BCUT2D eigenvalue weighted by atomic mass is 9.89. The summed E-state index contributed by atoms with van der Waals surface area (Å²) in [6.45, 7) is 5.92. The Morgan fingerprint density at radius 2 is 2.08 bits per heavy atom. The minimum atomic E-state index is -0.516. The van der Waals surface area contributed by atoms with Gasteiger partial charge in [0.2, 0.25) is 0 Å². The summed E-state index contributed by atoms with van der Waals surface area (Å²) in [5.74, 6) is 0.637. The van der Waals surface area contributed by atoms with Crippen LogP contribution in [0.2, 0.25) is 0 Å². The Balaban J connectivity index is 0.00000121. The summed E-state index contributed by atoms with van der Waals surface area (Å²) < 4.78 is 0. The third kappa shape index (κ3) is 2.50. The lowest BCUT2D eigenvalue weighted by Crippen LogP contribution is -2.18. The SMILES string of the molecule is CC(C)(C)C(O)c1ncc[nH]1.Cl. The predicted octanol–water partition coefficient (Wildman–Crippen LogP) is 1.91. The molecule has 1 aromatic rings. The molecule has 0 aliphatic carbocycles. The number of hydrogen-bond acceptors (Lipinski definition) is 2. The van der Waals surface area contributed by atoms with Gasteiger partial charge in [-0.15, -0.1) is 12.4 Å². The van der Waals surface area contributed by atoms with Gasteiger partial charge in [-0.3, -0.25) is 0 Å². The first-order valence-corrected chi connectivity index (χ1v) is 3.69. The summed E-state index contributed by atoms with van der Waals surface area (Å²) in [4.78, 5) is 6.86. The molecule has 0 saturated carbocycles. The van der Waals surface area contributed by atoms with Gasteiger partial charge in [0.25, 0.3) is 0 Å². The summed E-state index contributed by atoms with van der Waals surface area (Å²) in [6, 6.07) is 0. The minimum Gasteiger partial charge on any atom is -0.385 e. The van der Waals surface area contributed by atoms with E-state index in [0.717, 1.165) is 0 Å². The number of aromatic amines is 1. The molecule has 1 heterocycles. The van der Waals surface area contributed by atoms with E-state index in [0.29, 0.717) is 5.82 Å². The molecule has 0 aliphatic rings. The number of aliphatic hydroxyl groups is 1. The van der Waals surface area contributed by atoms with Crippen LogP contribution >= 0.6 is 12.4 Å². The zero-order chi connectivity index (χ0) is 8.48. The van der Waals surface area contributed by atoms with Gasteiger partial charge in [0.1, 0.15) is 11.9 Å². The first kappa shape index (κ1) is 11.5. The van der Waals surface area contributed by atoms with Crippen LogP contribution in [-0.4, -0.2) is 15.1 Å². The van der Waals surface area contributed by atoms with Crippen molar-refractivity contribution in [2.75, 3.05) is 0 Å². The second kappa shape index (κ2) is 3.92. The molecule has 70 valence electrons. The van der Waals surface area contributed by atoms with Gasteiger partial charge >= 0.3 is 0 Å². The highest BCUT2D eigenvalue weighted by molar-refractivity contribution is 5.85. The summed E-state index contributed by atoms with van der Waals surface area (Å²) in [6.07, 6.45) is 2.84. The molecule has 0 saturated heterocycles. The summed E-state index contributed by atoms with van der Waals surface area (Å²) in [5.41, 5.74) is -0.155. The zero-order valence-electron chi connectivity index (χ0n) is 7.53. The van der Waals surface area contributed by atoms with Gasteiger partial charge in [-0.1, -0.05) is 20.8 Å². The number of halogens is 1. The largest absolute Gasteiger partial charge is 0.385 e. The van der Waals surface area contributed by atoms with Crippen LogP contribution in [0.25, 0.3) is 0 Å². The molecule has 1 atom stereocenters. The van der Waals surface area contributed by atoms with Crippen molar-refractivity contribution in [1.29, 1.82) is 0 Å². The maximum Gasteiger partial charge on any atom is 0.135 e. The van der Waals surface area contributed by atoms with Gasteiger partial charge in [0.05, 0.1) is 0 Å². The number of hydrogen-bond donors (Lipinski definition) is 2. The van der Waals surface area contributed by atoms with E-state index < -0.39 is 6.10 Å². The van der Waals surface area contributed by atoms with Crippen LogP contribution < -0.4 is 0 Å². The zero-order valence-corrected chi connectivity index (χ0v) is 8.35. The first-order chi connectivity index (χ1) is 5.02. The molecule has 0 amide bonds. The van der Waals surface area contributed by atoms with Crippen LogP contribution in [0.3, 0.4) is 0 Å². The molecular formula is C8H15ClN2O. The Hall–Kier alpha value is -0.540. The number of aromatic nitrogens is 2. The molecule has 1 aromatic heterocycles. The highest BCUT2D eigenvalue weighted by Crippen LogP contribution is 2.29. The van der Waals surface area contributed by atoms with Crippen molar-refractivity contribution in [1.82, 2.24) is 9.97 Å². The fourth-order valence-electron chi connectivity index (χ4n) is 0.837. The number of H-pyrrole nitrogens is 1. The van der Waals surface area contributed by atoms with Crippen LogP contribution in [0, 0.1) is 5.41 Å². The molecule has 4 heteroatoms. The van der Waals surface area contributed by atoms with Crippen molar-refractivity contribution in [2.45, 2.75) is 26.9 Å². The number of aliphatic hydroxyl groups excluding tert-OH is 1. The van der Waals surface area contributed by atoms with Gasteiger partial charge < -0.3 is 10.1 Å². The van der Waals surface area contributed by atoms with Gasteiger partial charge in [0, 0.05) is 12.4 Å². The number of nitrogens with zero attached hydrogens (tertiary/aromatic N) is 1. The number of rotatable bonds is 1. The Bertz CT molecular complexity index is 215. The van der Waals surface area contributed by atoms with Crippen LogP contribution in [-0.2, 0) is 0 Å². The van der Waals surface area contributed by atoms with Gasteiger partial charge in [-0.25, -0.2) is 4.98 Å². The van der Waals surface area contributed by atoms with Crippen LogP contribution in [0.5, 0.6) is 0 Å². The highest BCUT2D eigenvalue weighted by atomic mass is 35.5. The van der Waals surface area contributed by atoms with E-state index in [1.54, 1.807) is 12.4 Å². The van der Waals surface area contributed by atoms with Crippen molar-refractivity contribution >= 4 is 12.4 Å². The van der Waals surface area contributed by atoms with E-state index in [1.165, 1.54) is 0 Å². The molecule has 0 bridgehead atoms. The lowest BCUT2D eigenvalue weighted by molar-refractivity contribution is 0.0556. The monoisotopic (exact) mass is 190 g/mol. The summed E-state index contributed by atoms with van der Waals surface area (Å²) >= 11 is 0. The Labute approximate surface area is 78.6 Å². The molecule has 0 aromatic carbocycles. The third-order valence-electron chi connectivity index (χ3n) is 1.60. The standard InChI is InChI=1S/C8H14N2O.ClH/c1-8(2,3)6(11)7-9-4-5-10-7;/h4-6,11H,1-3H3,(H,9,10);1H. The second-order valence-corrected chi connectivity index (χ2v) is 3.74. The maximum atomic E-state index is 9.65. The van der Waals surface area contributed by atoms with Crippen molar-refractivity contribution < 1.29 is 5.11 Å². The summed E-state index contributed by atoms with van der Waals surface area (Å²) in [7, 11) is 0. The molecule has 0 fully saturated rings. The summed E-state index contributed by atoms with van der Waals surface area (Å²) in [5, 5.41) is 9.65. The van der Waals surface area contributed by atoms with E-state index >= 15 is 0 Å².